The van der Waals surface area contributed by atoms with Crippen molar-refractivity contribution in [3.8, 4) is 11.3 Å². The van der Waals surface area contributed by atoms with Gasteiger partial charge >= 0.3 is 0 Å². The van der Waals surface area contributed by atoms with E-state index in [9.17, 15) is 4.39 Å². The number of piperazine rings is 1. The highest BCUT2D eigenvalue weighted by Crippen LogP contribution is 2.27. The molecule has 0 unspecified atom stereocenters. The van der Waals surface area contributed by atoms with Gasteiger partial charge in [-0.1, -0.05) is 0 Å². The Morgan fingerprint density at radius 2 is 1.75 bits per heavy atom. The SMILES string of the molecule is CNC(=S)N1CCN(c2nc(N)nc3ccc(-c4ccc(F)cc4)nc23)CC1. The van der Waals surface area contributed by atoms with E-state index in [1.165, 1.54) is 12.1 Å². The van der Waals surface area contributed by atoms with Crippen LogP contribution in [0, 0.1) is 5.82 Å². The zero-order valence-corrected chi connectivity index (χ0v) is 16.2. The van der Waals surface area contributed by atoms with Gasteiger partial charge in [-0.15, -0.1) is 0 Å². The van der Waals surface area contributed by atoms with Crippen molar-refractivity contribution in [3.63, 3.8) is 0 Å². The second-order valence-corrected chi connectivity index (χ2v) is 6.89. The first-order valence-electron chi connectivity index (χ1n) is 8.97. The van der Waals surface area contributed by atoms with Gasteiger partial charge in [0.15, 0.2) is 10.9 Å². The van der Waals surface area contributed by atoms with Crippen LogP contribution in [0.3, 0.4) is 0 Å². The van der Waals surface area contributed by atoms with Crippen molar-refractivity contribution >= 4 is 40.1 Å². The molecule has 0 amide bonds. The van der Waals surface area contributed by atoms with Crippen LogP contribution in [0.5, 0.6) is 0 Å². The van der Waals surface area contributed by atoms with Gasteiger partial charge in [0, 0.05) is 38.8 Å². The highest BCUT2D eigenvalue weighted by Gasteiger charge is 2.22. The van der Waals surface area contributed by atoms with Crippen molar-refractivity contribution in [2.75, 3.05) is 43.9 Å². The molecule has 1 aliphatic rings. The minimum absolute atomic E-state index is 0.215. The Morgan fingerprint density at radius 1 is 1.04 bits per heavy atom. The Labute approximate surface area is 167 Å². The summed E-state index contributed by atoms with van der Waals surface area (Å²) in [5, 5.41) is 3.75. The lowest BCUT2D eigenvalue weighted by molar-refractivity contribution is 0.382. The number of nitrogens with one attached hydrogen (secondary N) is 1. The number of fused-ring (bicyclic) bond motifs is 1. The first-order chi connectivity index (χ1) is 13.5. The number of aromatic nitrogens is 3. The minimum atomic E-state index is -0.279. The fraction of sp³-hybridized carbons (Fsp3) is 0.263. The lowest BCUT2D eigenvalue weighted by Crippen LogP contribution is -2.51. The number of rotatable bonds is 2. The van der Waals surface area contributed by atoms with E-state index >= 15 is 0 Å². The third-order valence-electron chi connectivity index (χ3n) is 4.76. The number of benzene rings is 1. The number of halogens is 1. The molecule has 0 bridgehead atoms. The van der Waals surface area contributed by atoms with E-state index in [1.807, 2.05) is 19.2 Å². The number of pyridine rings is 1. The van der Waals surface area contributed by atoms with E-state index in [2.05, 4.69) is 25.1 Å². The summed E-state index contributed by atoms with van der Waals surface area (Å²) >= 11 is 5.32. The third kappa shape index (κ3) is 3.53. The topological polar surface area (TPSA) is 83.2 Å². The van der Waals surface area contributed by atoms with Crippen molar-refractivity contribution in [1.29, 1.82) is 0 Å². The average molecular weight is 397 g/mol. The van der Waals surface area contributed by atoms with E-state index in [-0.39, 0.29) is 11.8 Å². The molecule has 1 saturated heterocycles. The van der Waals surface area contributed by atoms with Crippen LogP contribution in [0.2, 0.25) is 0 Å². The fourth-order valence-corrected chi connectivity index (χ4v) is 3.48. The molecule has 1 fully saturated rings. The zero-order valence-electron chi connectivity index (χ0n) is 15.4. The summed E-state index contributed by atoms with van der Waals surface area (Å²) in [6, 6.07) is 9.98. The second kappa shape index (κ2) is 7.51. The van der Waals surface area contributed by atoms with E-state index < -0.39 is 0 Å². The Hall–Kier alpha value is -3.07. The van der Waals surface area contributed by atoms with Crippen LogP contribution in [0.1, 0.15) is 0 Å². The Morgan fingerprint density at radius 3 is 2.43 bits per heavy atom. The molecule has 28 heavy (non-hydrogen) atoms. The number of thiocarbonyl (C=S) groups is 1. The van der Waals surface area contributed by atoms with Gasteiger partial charge in [-0.05, 0) is 48.6 Å². The summed E-state index contributed by atoms with van der Waals surface area (Å²) in [6.45, 7) is 3.05. The predicted octanol–water partition coefficient (Wildman–Crippen LogP) is 2.04. The molecule has 0 atom stereocenters. The van der Waals surface area contributed by atoms with E-state index in [0.717, 1.165) is 42.5 Å². The lowest BCUT2D eigenvalue weighted by atomic mass is 10.1. The summed E-state index contributed by atoms with van der Waals surface area (Å²) in [5.41, 5.74) is 8.86. The van der Waals surface area contributed by atoms with Gasteiger partial charge in [0.1, 0.15) is 11.3 Å². The van der Waals surface area contributed by atoms with Gasteiger partial charge in [-0.25, -0.2) is 14.4 Å². The summed E-state index contributed by atoms with van der Waals surface area (Å²) < 4.78 is 13.2. The highest BCUT2D eigenvalue weighted by atomic mass is 32.1. The maximum absolute atomic E-state index is 13.2. The minimum Gasteiger partial charge on any atom is -0.368 e. The highest BCUT2D eigenvalue weighted by molar-refractivity contribution is 7.80. The molecule has 144 valence electrons. The van der Waals surface area contributed by atoms with Crippen molar-refractivity contribution in [2.45, 2.75) is 0 Å². The first-order valence-corrected chi connectivity index (χ1v) is 9.38. The maximum Gasteiger partial charge on any atom is 0.222 e. The molecule has 7 nitrogen and oxygen atoms in total. The largest absolute Gasteiger partial charge is 0.368 e. The maximum atomic E-state index is 13.2. The molecule has 3 heterocycles. The van der Waals surface area contributed by atoms with Gasteiger partial charge < -0.3 is 20.9 Å². The monoisotopic (exact) mass is 397 g/mol. The average Bonchev–Trinajstić information content (AvgIpc) is 2.73. The summed E-state index contributed by atoms with van der Waals surface area (Å²) in [5.74, 6) is 0.646. The Kier molecular flexibility index (Phi) is 4.91. The number of nitrogen functional groups attached to an aromatic ring is 1. The van der Waals surface area contributed by atoms with Gasteiger partial charge in [-0.2, -0.15) is 4.98 Å². The van der Waals surface area contributed by atoms with Crippen LogP contribution >= 0.6 is 12.2 Å². The molecule has 3 N–H and O–H groups in total. The number of hydrogen-bond acceptors (Lipinski definition) is 6. The normalized spacial score (nSPS) is 14.4. The number of hydrogen-bond donors (Lipinski definition) is 2. The van der Waals surface area contributed by atoms with Gasteiger partial charge in [0.25, 0.3) is 0 Å². The molecule has 3 aromatic rings. The van der Waals surface area contributed by atoms with Crippen molar-refractivity contribution in [2.24, 2.45) is 0 Å². The fourth-order valence-electron chi connectivity index (χ4n) is 3.30. The van der Waals surface area contributed by atoms with Gasteiger partial charge in [-0.3, -0.25) is 0 Å². The quantitative estimate of drug-likeness (QED) is 0.636. The summed E-state index contributed by atoms with van der Waals surface area (Å²) in [7, 11) is 1.83. The van der Waals surface area contributed by atoms with Crippen molar-refractivity contribution in [3.05, 3.63) is 42.2 Å². The molecular weight excluding hydrogens is 377 g/mol. The second-order valence-electron chi connectivity index (χ2n) is 6.51. The van der Waals surface area contributed by atoms with Gasteiger partial charge in [0.05, 0.1) is 11.2 Å². The van der Waals surface area contributed by atoms with Crippen LogP contribution < -0.4 is 16.0 Å². The van der Waals surface area contributed by atoms with Crippen LogP contribution in [-0.2, 0) is 0 Å². The molecule has 4 rings (SSSR count). The molecule has 1 aliphatic heterocycles. The number of anilines is 2. The van der Waals surface area contributed by atoms with E-state index in [0.29, 0.717) is 16.9 Å². The molecule has 0 aliphatic carbocycles. The van der Waals surface area contributed by atoms with Crippen LogP contribution in [0.25, 0.3) is 22.3 Å². The number of nitrogens with zero attached hydrogens (tertiary/aromatic N) is 5. The molecule has 0 spiro atoms. The smallest absolute Gasteiger partial charge is 0.222 e. The van der Waals surface area contributed by atoms with Crippen molar-refractivity contribution in [1.82, 2.24) is 25.2 Å². The molecule has 1 aromatic carbocycles. The van der Waals surface area contributed by atoms with Crippen LogP contribution in [0.4, 0.5) is 16.2 Å². The Balaban J connectivity index is 1.70. The van der Waals surface area contributed by atoms with E-state index in [4.69, 9.17) is 22.9 Å². The molecule has 9 heteroatoms. The van der Waals surface area contributed by atoms with Crippen LogP contribution in [0.15, 0.2) is 36.4 Å². The van der Waals surface area contributed by atoms with E-state index in [1.54, 1.807) is 12.1 Å². The first kappa shape index (κ1) is 18.3. The standard InChI is InChI=1S/C19H20FN7S/c1-22-19(28)27-10-8-26(9-11-27)17-16-15(24-18(21)25-17)7-6-14(23-16)12-2-4-13(20)5-3-12/h2-7H,8-11H2,1H3,(H,22,28)(H2,21,24,25). The lowest BCUT2D eigenvalue weighted by Gasteiger charge is -2.36. The molecule has 0 saturated carbocycles. The molecule has 0 radical (unpaired) electrons. The third-order valence-corrected chi connectivity index (χ3v) is 5.22. The summed E-state index contributed by atoms with van der Waals surface area (Å²) in [4.78, 5) is 17.8. The van der Waals surface area contributed by atoms with Gasteiger partial charge in [0.2, 0.25) is 5.95 Å². The molecular formula is C19H20FN7S. The number of nitrogens with two attached hydrogens (primary N) is 1. The molecule has 2 aromatic heterocycles. The van der Waals surface area contributed by atoms with Crippen molar-refractivity contribution < 1.29 is 4.39 Å². The summed E-state index contributed by atoms with van der Waals surface area (Å²) in [6.07, 6.45) is 0. The predicted molar refractivity (Wildman–Crippen MR) is 113 cm³/mol. The zero-order chi connectivity index (χ0) is 19.7. The van der Waals surface area contributed by atoms with Crippen LogP contribution in [-0.4, -0.2) is 58.2 Å². The Bertz CT molecular complexity index is 1020.